The molecule has 4 saturated carbocycles. The zero-order valence-electron chi connectivity index (χ0n) is 15.6. The van der Waals surface area contributed by atoms with Crippen LogP contribution in [0.4, 0.5) is 0 Å². The molecule has 4 fully saturated rings. The highest BCUT2D eigenvalue weighted by molar-refractivity contribution is 6.30. The molecule has 2 aromatic rings. The SMILES string of the molecule is O=C(NCC12CC3CC(C1)CC(c1ccccc1)(C3)C2)c1ccc(Cl)cc1. The Labute approximate surface area is 166 Å². The minimum Gasteiger partial charge on any atom is -0.351 e. The maximum atomic E-state index is 12.6. The van der Waals surface area contributed by atoms with Crippen molar-refractivity contribution in [3.05, 3.63) is 70.7 Å². The highest BCUT2D eigenvalue weighted by atomic mass is 35.5. The van der Waals surface area contributed by atoms with Gasteiger partial charge in [0.15, 0.2) is 0 Å². The van der Waals surface area contributed by atoms with E-state index >= 15 is 0 Å². The Hall–Kier alpha value is -1.80. The van der Waals surface area contributed by atoms with Crippen LogP contribution in [0.25, 0.3) is 0 Å². The lowest BCUT2D eigenvalue weighted by atomic mass is 9.43. The third-order valence-corrected chi connectivity index (χ3v) is 7.55. The van der Waals surface area contributed by atoms with Gasteiger partial charge < -0.3 is 5.32 Å². The molecular formula is C24H26ClNO. The van der Waals surface area contributed by atoms with Crippen LogP contribution in [0.15, 0.2) is 54.6 Å². The molecule has 2 aromatic carbocycles. The van der Waals surface area contributed by atoms with Crippen LogP contribution in [0, 0.1) is 17.3 Å². The van der Waals surface area contributed by atoms with Gasteiger partial charge in [-0.1, -0.05) is 41.9 Å². The number of hydrogen-bond acceptors (Lipinski definition) is 1. The first kappa shape index (κ1) is 17.3. The van der Waals surface area contributed by atoms with Gasteiger partial charge >= 0.3 is 0 Å². The molecule has 0 aliphatic heterocycles. The van der Waals surface area contributed by atoms with E-state index < -0.39 is 0 Å². The molecule has 3 heteroatoms. The molecule has 0 saturated heterocycles. The van der Waals surface area contributed by atoms with E-state index in [0.717, 1.165) is 18.4 Å². The number of nitrogens with one attached hydrogen (secondary N) is 1. The van der Waals surface area contributed by atoms with Crippen molar-refractivity contribution in [2.24, 2.45) is 17.3 Å². The minimum atomic E-state index is 0.0242. The van der Waals surface area contributed by atoms with Crippen molar-refractivity contribution in [3.63, 3.8) is 0 Å². The Morgan fingerprint density at radius 2 is 1.63 bits per heavy atom. The predicted octanol–water partition coefficient (Wildman–Crippen LogP) is 5.61. The van der Waals surface area contributed by atoms with Crippen molar-refractivity contribution in [3.8, 4) is 0 Å². The fraction of sp³-hybridized carbons (Fsp3) is 0.458. The zero-order chi connectivity index (χ0) is 18.5. The first-order valence-electron chi connectivity index (χ1n) is 10.2. The molecule has 6 rings (SSSR count). The molecule has 1 N–H and O–H groups in total. The average molecular weight is 380 g/mol. The van der Waals surface area contributed by atoms with E-state index in [2.05, 4.69) is 35.6 Å². The van der Waals surface area contributed by atoms with Gasteiger partial charge in [-0.3, -0.25) is 4.79 Å². The summed E-state index contributed by atoms with van der Waals surface area (Å²) >= 11 is 5.95. The third-order valence-electron chi connectivity index (χ3n) is 7.30. The average Bonchev–Trinajstić information content (AvgIpc) is 2.66. The third kappa shape index (κ3) is 3.08. The van der Waals surface area contributed by atoms with E-state index in [-0.39, 0.29) is 11.3 Å². The highest BCUT2D eigenvalue weighted by Crippen LogP contribution is 2.65. The Balaban J connectivity index is 1.36. The van der Waals surface area contributed by atoms with Crippen molar-refractivity contribution in [2.75, 3.05) is 6.54 Å². The minimum absolute atomic E-state index is 0.0242. The molecule has 0 heterocycles. The van der Waals surface area contributed by atoms with Crippen LogP contribution in [0.3, 0.4) is 0 Å². The van der Waals surface area contributed by atoms with Gasteiger partial charge in [-0.25, -0.2) is 0 Å². The van der Waals surface area contributed by atoms with Crippen LogP contribution in [0.2, 0.25) is 5.02 Å². The van der Waals surface area contributed by atoms with Crippen molar-refractivity contribution >= 4 is 17.5 Å². The molecular weight excluding hydrogens is 354 g/mol. The lowest BCUT2D eigenvalue weighted by Crippen LogP contribution is -2.57. The molecule has 0 aromatic heterocycles. The van der Waals surface area contributed by atoms with Crippen LogP contribution in [-0.2, 0) is 5.41 Å². The second kappa shape index (κ2) is 6.38. The molecule has 2 nitrogen and oxygen atoms in total. The largest absolute Gasteiger partial charge is 0.351 e. The maximum Gasteiger partial charge on any atom is 0.251 e. The summed E-state index contributed by atoms with van der Waals surface area (Å²) in [6, 6.07) is 18.3. The molecule has 0 radical (unpaired) electrons. The first-order valence-corrected chi connectivity index (χ1v) is 10.5. The van der Waals surface area contributed by atoms with Gasteiger partial charge in [0.25, 0.3) is 5.91 Å². The molecule has 0 spiro atoms. The highest BCUT2D eigenvalue weighted by Gasteiger charge is 2.57. The Kier molecular flexibility index (Phi) is 4.09. The number of benzene rings is 2. The molecule has 27 heavy (non-hydrogen) atoms. The normalized spacial score (nSPS) is 33.8. The van der Waals surface area contributed by atoms with Gasteiger partial charge in [-0.15, -0.1) is 0 Å². The smallest absolute Gasteiger partial charge is 0.251 e. The van der Waals surface area contributed by atoms with E-state index in [0.29, 0.717) is 16.0 Å². The number of halogens is 1. The molecule has 2 atom stereocenters. The Bertz CT molecular complexity index is 830. The topological polar surface area (TPSA) is 29.1 Å². The molecule has 4 aliphatic rings. The first-order chi connectivity index (χ1) is 13.1. The maximum absolute atomic E-state index is 12.6. The summed E-state index contributed by atoms with van der Waals surface area (Å²) < 4.78 is 0. The van der Waals surface area contributed by atoms with Crippen LogP contribution in [0.5, 0.6) is 0 Å². The fourth-order valence-corrected chi connectivity index (χ4v) is 6.89. The Morgan fingerprint density at radius 1 is 0.963 bits per heavy atom. The zero-order valence-corrected chi connectivity index (χ0v) is 16.3. The predicted molar refractivity (Wildman–Crippen MR) is 109 cm³/mol. The lowest BCUT2D eigenvalue weighted by molar-refractivity contribution is -0.0697. The molecule has 1 amide bonds. The van der Waals surface area contributed by atoms with Gasteiger partial charge in [-0.05, 0) is 91.0 Å². The summed E-state index contributed by atoms with van der Waals surface area (Å²) in [6.45, 7) is 0.802. The monoisotopic (exact) mass is 379 g/mol. The standard InChI is InChI=1S/C24H26ClNO/c25-21-8-6-19(7-9-21)22(27)26-16-23-11-17-10-18(12-23)14-24(13-17,15-23)20-4-2-1-3-5-20/h1-9,17-18H,10-16H2,(H,26,27). The van der Waals surface area contributed by atoms with Crippen molar-refractivity contribution in [2.45, 2.75) is 43.9 Å². The molecule has 2 unspecified atom stereocenters. The summed E-state index contributed by atoms with van der Waals surface area (Å²) in [6.07, 6.45) is 7.83. The van der Waals surface area contributed by atoms with Gasteiger partial charge in [-0.2, -0.15) is 0 Å². The molecule has 4 aliphatic carbocycles. The lowest BCUT2D eigenvalue weighted by Gasteiger charge is -2.62. The molecule has 4 bridgehead atoms. The van der Waals surface area contributed by atoms with E-state index in [1.54, 1.807) is 12.1 Å². The molecule has 140 valence electrons. The Morgan fingerprint density at radius 3 is 2.30 bits per heavy atom. The van der Waals surface area contributed by atoms with Gasteiger partial charge in [0.2, 0.25) is 0 Å². The van der Waals surface area contributed by atoms with Crippen molar-refractivity contribution < 1.29 is 4.79 Å². The van der Waals surface area contributed by atoms with Crippen molar-refractivity contribution in [1.82, 2.24) is 5.32 Å². The van der Waals surface area contributed by atoms with Gasteiger partial charge in [0.1, 0.15) is 0 Å². The summed E-state index contributed by atoms with van der Waals surface area (Å²) in [5.41, 5.74) is 2.81. The quantitative estimate of drug-likeness (QED) is 0.735. The number of carbonyl (C=O) groups is 1. The summed E-state index contributed by atoms with van der Waals surface area (Å²) in [7, 11) is 0. The number of hydrogen-bond donors (Lipinski definition) is 1. The summed E-state index contributed by atoms with van der Waals surface area (Å²) in [5.74, 6) is 1.66. The van der Waals surface area contributed by atoms with Crippen LogP contribution < -0.4 is 5.32 Å². The van der Waals surface area contributed by atoms with Crippen molar-refractivity contribution in [1.29, 1.82) is 0 Å². The van der Waals surface area contributed by atoms with Crippen LogP contribution >= 0.6 is 11.6 Å². The van der Waals surface area contributed by atoms with E-state index in [1.807, 2.05) is 12.1 Å². The number of amides is 1. The number of carbonyl (C=O) groups excluding carboxylic acids is 1. The van der Waals surface area contributed by atoms with E-state index in [9.17, 15) is 4.79 Å². The van der Waals surface area contributed by atoms with Crippen LogP contribution in [-0.4, -0.2) is 12.5 Å². The van der Waals surface area contributed by atoms with E-state index in [1.165, 1.54) is 44.1 Å². The number of rotatable bonds is 4. The summed E-state index contributed by atoms with van der Waals surface area (Å²) in [4.78, 5) is 12.6. The fourth-order valence-electron chi connectivity index (χ4n) is 6.76. The van der Waals surface area contributed by atoms with Gasteiger partial charge in [0.05, 0.1) is 0 Å². The van der Waals surface area contributed by atoms with E-state index in [4.69, 9.17) is 11.6 Å². The summed E-state index contributed by atoms with van der Waals surface area (Å²) in [5, 5.41) is 3.93. The van der Waals surface area contributed by atoms with Crippen LogP contribution in [0.1, 0.15) is 54.4 Å². The second-order valence-corrected chi connectivity index (χ2v) is 9.73. The second-order valence-electron chi connectivity index (χ2n) is 9.30. The van der Waals surface area contributed by atoms with Gasteiger partial charge in [0, 0.05) is 17.1 Å².